The zero-order valence-corrected chi connectivity index (χ0v) is 20.9. The van der Waals surface area contributed by atoms with E-state index >= 15 is 0 Å². The van der Waals surface area contributed by atoms with Gasteiger partial charge >= 0.3 is 5.97 Å². The summed E-state index contributed by atoms with van der Waals surface area (Å²) in [6, 6.07) is 6.87. The van der Waals surface area contributed by atoms with Crippen LogP contribution in [0.25, 0.3) is 0 Å². The van der Waals surface area contributed by atoms with Crippen molar-refractivity contribution in [1.82, 2.24) is 10.2 Å². The highest BCUT2D eigenvalue weighted by molar-refractivity contribution is 14.0. The van der Waals surface area contributed by atoms with E-state index in [9.17, 15) is 9.18 Å². The lowest BCUT2D eigenvalue weighted by molar-refractivity contribution is -0.149. The van der Waals surface area contributed by atoms with Crippen molar-refractivity contribution in [2.75, 3.05) is 46.0 Å². The molecule has 0 spiro atoms. The SMILES string of the molecule is CCNC(=NCC1(c2cccc(F)c2)CCOCC1)N1CCCC(C(=O)OCC)C1.I. The lowest BCUT2D eigenvalue weighted by Gasteiger charge is -2.38. The Balaban J connectivity index is 0.00000341. The highest BCUT2D eigenvalue weighted by Crippen LogP contribution is 2.35. The Morgan fingerprint density at radius 2 is 2.13 bits per heavy atom. The molecule has 2 aliphatic heterocycles. The first-order valence-corrected chi connectivity index (χ1v) is 11.1. The lowest BCUT2D eigenvalue weighted by atomic mass is 9.74. The number of guanidine groups is 1. The number of benzene rings is 1. The van der Waals surface area contributed by atoms with Crippen LogP contribution < -0.4 is 5.32 Å². The van der Waals surface area contributed by atoms with Crippen LogP contribution in [0, 0.1) is 11.7 Å². The Bertz CT molecular complexity index is 741. The summed E-state index contributed by atoms with van der Waals surface area (Å²) in [5.41, 5.74) is 0.741. The molecule has 1 unspecified atom stereocenters. The normalized spacial score (nSPS) is 21.2. The van der Waals surface area contributed by atoms with Crippen molar-refractivity contribution in [3.05, 3.63) is 35.6 Å². The van der Waals surface area contributed by atoms with Crippen molar-refractivity contribution in [3.8, 4) is 0 Å². The molecule has 174 valence electrons. The van der Waals surface area contributed by atoms with Crippen LogP contribution in [0.5, 0.6) is 0 Å². The number of likely N-dealkylation sites (tertiary alicyclic amines) is 1. The number of aliphatic imine (C=N–C) groups is 1. The third kappa shape index (κ3) is 6.78. The molecule has 0 amide bonds. The molecule has 0 radical (unpaired) electrons. The number of carbonyl (C=O) groups excluding carboxylic acids is 1. The van der Waals surface area contributed by atoms with Gasteiger partial charge in [0.2, 0.25) is 0 Å². The monoisotopic (exact) mass is 547 g/mol. The third-order valence-corrected chi connectivity index (χ3v) is 6.09. The van der Waals surface area contributed by atoms with Gasteiger partial charge in [0.1, 0.15) is 5.82 Å². The van der Waals surface area contributed by atoms with E-state index in [1.165, 1.54) is 6.07 Å². The molecule has 2 fully saturated rings. The predicted molar refractivity (Wildman–Crippen MR) is 130 cm³/mol. The molecule has 1 aromatic carbocycles. The number of carbonyl (C=O) groups is 1. The number of nitrogens with zero attached hydrogens (tertiary/aromatic N) is 2. The van der Waals surface area contributed by atoms with Gasteiger partial charge in [-0.1, -0.05) is 12.1 Å². The van der Waals surface area contributed by atoms with E-state index in [0.717, 1.165) is 50.3 Å². The molecule has 31 heavy (non-hydrogen) atoms. The van der Waals surface area contributed by atoms with Gasteiger partial charge in [-0.3, -0.25) is 9.79 Å². The van der Waals surface area contributed by atoms with E-state index in [1.54, 1.807) is 12.1 Å². The Morgan fingerprint density at radius 3 is 2.81 bits per heavy atom. The van der Waals surface area contributed by atoms with Gasteiger partial charge in [-0.2, -0.15) is 0 Å². The second-order valence-corrected chi connectivity index (χ2v) is 8.11. The van der Waals surface area contributed by atoms with Crippen molar-refractivity contribution in [2.24, 2.45) is 10.9 Å². The van der Waals surface area contributed by atoms with Gasteiger partial charge in [0.15, 0.2) is 5.96 Å². The highest BCUT2D eigenvalue weighted by atomic mass is 127. The molecule has 0 saturated carbocycles. The zero-order chi connectivity index (χ0) is 21.4. The van der Waals surface area contributed by atoms with E-state index in [0.29, 0.717) is 32.9 Å². The first-order chi connectivity index (χ1) is 14.6. The van der Waals surface area contributed by atoms with E-state index in [1.807, 2.05) is 19.9 Å². The number of halogens is 2. The van der Waals surface area contributed by atoms with Gasteiger partial charge in [-0.05, 0) is 57.2 Å². The largest absolute Gasteiger partial charge is 0.466 e. The van der Waals surface area contributed by atoms with Crippen molar-refractivity contribution in [3.63, 3.8) is 0 Å². The number of esters is 1. The van der Waals surface area contributed by atoms with E-state index in [-0.39, 0.29) is 47.1 Å². The Labute approximate surface area is 202 Å². The number of ether oxygens (including phenoxy) is 2. The van der Waals surface area contributed by atoms with E-state index < -0.39 is 0 Å². The van der Waals surface area contributed by atoms with E-state index in [2.05, 4.69) is 10.2 Å². The predicted octanol–water partition coefficient (Wildman–Crippen LogP) is 3.73. The molecule has 0 bridgehead atoms. The summed E-state index contributed by atoms with van der Waals surface area (Å²) in [7, 11) is 0. The van der Waals surface area contributed by atoms with Gasteiger partial charge < -0.3 is 19.7 Å². The molecule has 1 N–H and O–H groups in total. The van der Waals surface area contributed by atoms with Crippen LogP contribution in [0.2, 0.25) is 0 Å². The van der Waals surface area contributed by atoms with Crippen molar-refractivity contribution in [1.29, 1.82) is 0 Å². The molecular formula is C23H35FIN3O3. The van der Waals surface area contributed by atoms with E-state index in [4.69, 9.17) is 14.5 Å². The molecule has 0 aliphatic carbocycles. The van der Waals surface area contributed by atoms with Gasteiger partial charge in [0, 0.05) is 38.3 Å². The molecule has 0 aromatic heterocycles. The summed E-state index contributed by atoms with van der Waals surface area (Å²) in [5, 5.41) is 3.38. The number of rotatable bonds is 6. The summed E-state index contributed by atoms with van der Waals surface area (Å²) in [4.78, 5) is 19.4. The van der Waals surface area contributed by atoms with Crippen LogP contribution in [-0.4, -0.2) is 62.8 Å². The topological polar surface area (TPSA) is 63.2 Å². The fourth-order valence-electron chi connectivity index (χ4n) is 4.39. The summed E-state index contributed by atoms with van der Waals surface area (Å²) in [6.07, 6.45) is 3.39. The smallest absolute Gasteiger partial charge is 0.310 e. The summed E-state index contributed by atoms with van der Waals surface area (Å²) < 4.78 is 24.8. The van der Waals surface area contributed by atoms with Crippen LogP contribution in [-0.2, 0) is 19.7 Å². The molecular weight excluding hydrogens is 512 g/mol. The summed E-state index contributed by atoms with van der Waals surface area (Å²) >= 11 is 0. The molecule has 2 saturated heterocycles. The molecule has 6 nitrogen and oxygen atoms in total. The number of hydrogen-bond donors (Lipinski definition) is 1. The second kappa shape index (κ2) is 12.6. The van der Waals surface area contributed by atoms with Crippen LogP contribution in [0.1, 0.15) is 45.1 Å². The maximum absolute atomic E-state index is 14.0. The fraction of sp³-hybridized carbons (Fsp3) is 0.652. The highest BCUT2D eigenvalue weighted by Gasteiger charge is 2.35. The van der Waals surface area contributed by atoms with Gasteiger partial charge in [0.05, 0.1) is 19.1 Å². The Kier molecular flexibility index (Phi) is 10.5. The second-order valence-electron chi connectivity index (χ2n) is 8.11. The minimum Gasteiger partial charge on any atom is -0.466 e. The molecule has 1 aromatic rings. The Hall–Kier alpha value is -1.42. The maximum atomic E-state index is 14.0. The number of hydrogen-bond acceptors (Lipinski definition) is 4. The first-order valence-electron chi connectivity index (χ1n) is 11.1. The minimum absolute atomic E-state index is 0. The third-order valence-electron chi connectivity index (χ3n) is 6.09. The minimum atomic E-state index is -0.239. The van der Waals surface area contributed by atoms with Crippen molar-refractivity contribution in [2.45, 2.75) is 44.9 Å². The fourth-order valence-corrected chi connectivity index (χ4v) is 4.39. The molecule has 2 heterocycles. The Morgan fingerprint density at radius 1 is 1.35 bits per heavy atom. The van der Waals surface area contributed by atoms with Crippen LogP contribution in [0.4, 0.5) is 4.39 Å². The molecule has 1 atom stereocenters. The average molecular weight is 547 g/mol. The first kappa shape index (κ1) is 25.8. The van der Waals surface area contributed by atoms with Gasteiger partial charge in [-0.15, -0.1) is 24.0 Å². The lowest BCUT2D eigenvalue weighted by Crippen LogP contribution is -2.49. The van der Waals surface area contributed by atoms with Gasteiger partial charge in [-0.25, -0.2) is 4.39 Å². The average Bonchev–Trinajstić information content (AvgIpc) is 2.77. The van der Waals surface area contributed by atoms with Crippen molar-refractivity contribution < 1.29 is 18.7 Å². The summed E-state index contributed by atoms with van der Waals surface area (Å²) in [5.74, 6) is 0.345. The molecule has 3 rings (SSSR count). The summed E-state index contributed by atoms with van der Waals surface area (Å²) in [6.45, 7) is 8.36. The standard InChI is InChI=1S/C23H34FN3O3.HI/c1-3-25-22(27-12-6-7-18(16-27)21(28)30-4-2)26-17-23(10-13-29-14-11-23)19-8-5-9-20(24)15-19;/h5,8-9,15,18H,3-4,6-7,10-14,16-17H2,1-2H3,(H,25,26);1H. The molecule has 8 heteroatoms. The number of piperidine rings is 1. The van der Waals surface area contributed by atoms with Crippen LogP contribution >= 0.6 is 24.0 Å². The van der Waals surface area contributed by atoms with Crippen LogP contribution in [0.3, 0.4) is 0 Å². The molecule has 2 aliphatic rings. The van der Waals surface area contributed by atoms with Gasteiger partial charge in [0.25, 0.3) is 0 Å². The zero-order valence-electron chi connectivity index (χ0n) is 18.6. The van der Waals surface area contributed by atoms with Crippen LogP contribution in [0.15, 0.2) is 29.3 Å². The van der Waals surface area contributed by atoms with Crippen molar-refractivity contribution >= 4 is 35.9 Å². The number of nitrogens with one attached hydrogen (secondary N) is 1. The quantitative estimate of drug-likeness (QED) is 0.255. The maximum Gasteiger partial charge on any atom is 0.310 e.